The molecule has 118 valence electrons. The maximum Gasteiger partial charge on any atom is 0.317 e. The Labute approximate surface area is 128 Å². The molecule has 1 heterocycles. The van der Waals surface area contributed by atoms with Gasteiger partial charge in [-0.1, -0.05) is 27.7 Å². The molecule has 0 unspecified atom stereocenters. The van der Waals surface area contributed by atoms with Gasteiger partial charge in [0.25, 0.3) is 0 Å². The fourth-order valence-electron chi connectivity index (χ4n) is 2.73. The Morgan fingerprint density at radius 3 is 2.35 bits per heavy atom. The van der Waals surface area contributed by atoms with Crippen molar-refractivity contribution in [2.75, 3.05) is 44.2 Å². The quantitative estimate of drug-likeness (QED) is 0.785. The number of nitrogens with one attached hydrogen (secondary N) is 1. The Balaban J connectivity index is 2.45. The van der Waals surface area contributed by atoms with E-state index in [0.29, 0.717) is 12.0 Å². The number of carbonyl (C=O) groups excluding carboxylic acids is 1. The highest BCUT2D eigenvalue weighted by Gasteiger charge is 2.21. The molecule has 1 rings (SSSR count). The molecule has 0 aromatic heterocycles. The predicted molar refractivity (Wildman–Crippen MR) is 88.5 cm³/mol. The van der Waals surface area contributed by atoms with Crippen LogP contribution in [0.15, 0.2) is 0 Å². The summed E-state index contributed by atoms with van der Waals surface area (Å²) < 4.78 is 0. The van der Waals surface area contributed by atoms with Gasteiger partial charge in [-0.05, 0) is 25.4 Å². The van der Waals surface area contributed by atoms with Crippen molar-refractivity contribution in [2.45, 2.75) is 40.2 Å². The van der Waals surface area contributed by atoms with Crippen LogP contribution in [0.5, 0.6) is 0 Å². The summed E-state index contributed by atoms with van der Waals surface area (Å²) in [6.45, 7) is 13.5. The van der Waals surface area contributed by atoms with Crippen LogP contribution in [0.3, 0.4) is 0 Å². The summed E-state index contributed by atoms with van der Waals surface area (Å²) in [5.74, 6) is 2.79. The van der Waals surface area contributed by atoms with Crippen LogP contribution >= 0.6 is 11.8 Å². The van der Waals surface area contributed by atoms with E-state index in [2.05, 4.69) is 37.9 Å². The summed E-state index contributed by atoms with van der Waals surface area (Å²) in [5.41, 5.74) is 0. The van der Waals surface area contributed by atoms with Gasteiger partial charge in [-0.15, -0.1) is 0 Å². The van der Waals surface area contributed by atoms with E-state index in [1.54, 1.807) is 0 Å². The minimum absolute atomic E-state index is 0.117. The first-order chi connectivity index (χ1) is 9.58. The van der Waals surface area contributed by atoms with E-state index in [-0.39, 0.29) is 6.03 Å². The molecule has 2 amide bonds. The lowest BCUT2D eigenvalue weighted by atomic mass is 10.0. The van der Waals surface area contributed by atoms with E-state index in [9.17, 15) is 4.79 Å². The molecule has 0 saturated carbocycles. The van der Waals surface area contributed by atoms with Gasteiger partial charge in [0.1, 0.15) is 0 Å². The maximum absolute atomic E-state index is 12.2. The second-order valence-electron chi connectivity index (χ2n) is 5.79. The summed E-state index contributed by atoms with van der Waals surface area (Å²) in [6.07, 6.45) is 1.14. The molecule has 0 aromatic rings. The Kier molecular flexibility index (Phi) is 8.38. The van der Waals surface area contributed by atoms with E-state index in [1.807, 2.05) is 16.7 Å². The van der Waals surface area contributed by atoms with Crippen molar-refractivity contribution in [3.05, 3.63) is 0 Å². The first-order valence-corrected chi connectivity index (χ1v) is 9.08. The van der Waals surface area contributed by atoms with Gasteiger partial charge in [-0.3, -0.25) is 4.90 Å². The first-order valence-electron chi connectivity index (χ1n) is 7.93. The Morgan fingerprint density at radius 2 is 1.85 bits per heavy atom. The average molecular weight is 302 g/mol. The Hall–Kier alpha value is -0.420. The molecule has 1 atom stereocenters. The maximum atomic E-state index is 12.2. The molecule has 1 aliphatic rings. The zero-order valence-corrected chi connectivity index (χ0v) is 14.3. The van der Waals surface area contributed by atoms with Crippen molar-refractivity contribution in [1.82, 2.24) is 15.1 Å². The van der Waals surface area contributed by atoms with Gasteiger partial charge in [-0.2, -0.15) is 11.8 Å². The number of hydrogen-bond donors (Lipinski definition) is 1. The molecule has 4 nitrogen and oxygen atoms in total. The van der Waals surface area contributed by atoms with E-state index < -0.39 is 0 Å². The second kappa shape index (κ2) is 9.50. The monoisotopic (exact) mass is 301 g/mol. The van der Waals surface area contributed by atoms with Gasteiger partial charge >= 0.3 is 6.03 Å². The van der Waals surface area contributed by atoms with Gasteiger partial charge in [0.2, 0.25) is 0 Å². The number of urea groups is 1. The SMILES string of the molecule is CCN(CC)[C@@H](CNC(=O)N1CCSCC1)CC(C)C. The Bertz CT molecular complexity index is 276. The molecule has 1 N–H and O–H groups in total. The highest BCUT2D eigenvalue weighted by molar-refractivity contribution is 7.99. The van der Waals surface area contributed by atoms with Crippen LogP contribution in [0.2, 0.25) is 0 Å². The van der Waals surface area contributed by atoms with Crippen LogP contribution in [0.4, 0.5) is 4.79 Å². The first kappa shape index (κ1) is 17.6. The second-order valence-corrected chi connectivity index (χ2v) is 7.01. The van der Waals surface area contributed by atoms with Gasteiger partial charge in [0.05, 0.1) is 0 Å². The number of thioether (sulfide) groups is 1. The fraction of sp³-hybridized carbons (Fsp3) is 0.933. The summed E-state index contributed by atoms with van der Waals surface area (Å²) >= 11 is 1.93. The van der Waals surface area contributed by atoms with Crippen molar-refractivity contribution in [1.29, 1.82) is 0 Å². The minimum Gasteiger partial charge on any atom is -0.336 e. The molecule has 0 radical (unpaired) electrons. The highest BCUT2D eigenvalue weighted by atomic mass is 32.2. The molecule has 0 aliphatic carbocycles. The van der Waals surface area contributed by atoms with Gasteiger partial charge < -0.3 is 10.2 Å². The zero-order valence-electron chi connectivity index (χ0n) is 13.5. The molecule has 5 heteroatoms. The van der Waals surface area contributed by atoms with Gasteiger partial charge in [-0.25, -0.2) is 4.79 Å². The molecular weight excluding hydrogens is 270 g/mol. The molecule has 1 aliphatic heterocycles. The van der Waals surface area contributed by atoms with Crippen molar-refractivity contribution in [3.8, 4) is 0 Å². The molecular formula is C15H31N3OS. The number of amides is 2. The largest absolute Gasteiger partial charge is 0.336 e. The van der Waals surface area contributed by atoms with Crippen LogP contribution < -0.4 is 5.32 Å². The third-order valence-electron chi connectivity index (χ3n) is 3.86. The van der Waals surface area contributed by atoms with Crippen LogP contribution in [-0.2, 0) is 0 Å². The summed E-state index contributed by atoms with van der Waals surface area (Å²) in [5, 5.41) is 3.14. The number of nitrogens with zero attached hydrogens (tertiary/aromatic N) is 2. The zero-order chi connectivity index (χ0) is 15.0. The fourth-order valence-corrected chi connectivity index (χ4v) is 3.63. The van der Waals surface area contributed by atoms with E-state index >= 15 is 0 Å². The van der Waals surface area contributed by atoms with Gasteiger partial charge in [0.15, 0.2) is 0 Å². The molecule has 20 heavy (non-hydrogen) atoms. The minimum atomic E-state index is 0.117. The highest BCUT2D eigenvalue weighted by Crippen LogP contribution is 2.12. The predicted octanol–water partition coefficient (Wildman–Crippen LogP) is 2.50. The molecule has 0 aromatic carbocycles. The molecule has 1 fully saturated rings. The summed E-state index contributed by atoms with van der Waals surface area (Å²) in [7, 11) is 0. The number of hydrogen-bond acceptors (Lipinski definition) is 3. The molecule has 0 spiro atoms. The topological polar surface area (TPSA) is 35.6 Å². The van der Waals surface area contributed by atoms with E-state index in [1.165, 1.54) is 0 Å². The third kappa shape index (κ3) is 5.92. The van der Waals surface area contributed by atoms with Crippen LogP contribution in [0, 0.1) is 5.92 Å². The average Bonchev–Trinajstić information content (AvgIpc) is 2.45. The molecule has 0 bridgehead atoms. The van der Waals surface area contributed by atoms with E-state index in [4.69, 9.17) is 0 Å². The number of rotatable bonds is 7. The molecule has 1 saturated heterocycles. The Morgan fingerprint density at radius 1 is 1.25 bits per heavy atom. The van der Waals surface area contributed by atoms with Crippen LogP contribution in [-0.4, -0.2) is 66.1 Å². The number of likely N-dealkylation sites (N-methyl/N-ethyl adjacent to an activating group) is 1. The smallest absolute Gasteiger partial charge is 0.317 e. The van der Waals surface area contributed by atoms with Crippen molar-refractivity contribution < 1.29 is 4.79 Å². The lowest BCUT2D eigenvalue weighted by molar-refractivity contribution is 0.173. The normalized spacial score (nSPS) is 17.6. The van der Waals surface area contributed by atoms with Crippen molar-refractivity contribution >= 4 is 17.8 Å². The van der Waals surface area contributed by atoms with E-state index in [0.717, 1.165) is 50.7 Å². The lowest BCUT2D eigenvalue weighted by Gasteiger charge is -2.33. The van der Waals surface area contributed by atoms with Crippen LogP contribution in [0.25, 0.3) is 0 Å². The summed E-state index contributed by atoms with van der Waals surface area (Å²) in [4.78, 5) is 16.6. The third-order valence-corrected chi connectivity index (χ3v) is 4.80. The lowest BCUT2D eigenvalue weighted by Crippen LogP contribution is -2.49. The summed E-state index contributed by atoms with van der Waals surface area (Å²) in [6, 6.07) is 0.569. The van der Waals surface area contributed by atoms with Crippen LogP contribution in [0.1, 0.15) is 34.1 Å². The van der Waals surface area contributed by atoms with Crippen molar-refractivity contribution in [3.63, 3.8) is 0 Å². The number of carbonyl (C=O) groups is 1. The van der Waals surface area contributed by atoms with Crippen molar-refractivity contribution in [2.24, 2.45) is 5.92 Å². The standard InChI is InChI=1S/C15H31N3OS/c1-5-17(6-2)14(11-13(3)4)12-16-15(19)18-7-9-20-10-8-18/h13-14H,5-12H2,1-4H3,(H,16,19)/t14-/m1/s1. The van der Waals surface area contributed by atoms with Gasteiger partial charge in [0, 0.05) is 37.2 Å².